The van der Waals surface area contributed by atoms with Crippen LogP contribution in [0.15, 0.2) is 24.5 Å². The van der Waals surface area contributed by atoms with Crippen molar-refractivity contribution in [3.8, 4) is 5.75 Å². The van der Waals surface area contributed by atoms with Crippen LogP contribution in [0.1, 0.15) is 5.56 Å². The van der Waals surface area contributed by atoms with Crippen molar-refractivity contribution in [2.45, 2.75) is 6.92 Å². The Morgan fingerprint density at radius 3 is 2.63 bits per heavy atom. The highest BCUT2D eigenvalue weighted by molar-refractivity contribution is 5.70. The highest BCUT2D eigenvalue weighted by atomic mass is 19.1. The average Bonchev–Trinajstić information content (AvgIpc) is 2.42. The summed E-state index contributed by atoms with van der Waals surface area (Å²) in [6, 6.07) is 4.52. The Morgan fingerprint density at radius 1 is 1.21 bits per heavy atom. The van der Waals surface area contributed by atoms with Crippen molar-refractivity contribution in [1.82, 2.24) is 9.97 Å². The van der Waals surface area contributed by atoms with Crippen LogP contribution < -0.4 is 15.4 Å². The second kappa shape index (κ2) is 5.51. The van der Waals surface area contributed by atoms with Crippen LogP contribution in [0.5, 0.6) is 5.75 Å². The number of aryl methyl sites for hydroxylation is 1. The second-order valence-corrected chi connectivity index (χ2v) is 3.94. The molecular formula is C13H15FN4O. The molecule has 0 saturated heterocycles. The first-order valence-corrected chi connectivity index (χ1v) is 5.75. The molecule has 5 nitrogen and oxygen atoms in total. The van der Waals surface area contributed by atoms with Crippen molar-refractivity contribution in [3.63, 3.8) is 0 Å². The van der Waals surface area contributed by atoms with Crippen LogP contribution in [-0.2, 0) is 0 Å². The number of methoxy groups -OCH3 is 1. The summed E-state index contributed by atoms with van der Waals surface area (Å²) in [5, 5.41) is 5.96. The van der Waals surface area contributed by atoms with E-state index in [1.807, 2.05) is 6.92 Å². The summed E-state index contributed by atoms with van der Waals surface area (Å²) in [4.78, 5) is 8.16. The number of hydrogen-bond acceptors (Lipinski definition) is 5. The monoisotopic (exact) mass is 262 g/mol. The van der Waals surface area contributed by atoms with E-state index in [1.54, 1.807) is 13.1 Å². The van der Waals surface area contributed by atoms with Gasteiger partial charge in [-0.05, 0) is 24.6 Å². The van der Waals surface area contributed by atoms with E-state index in [2.05, 4.69) is 20.6 Å². The molecule has 2 aromatic rings. The smallest absolute Gasteiger partial charge is 0.204 e. The lowest BCUT2D eigenvalue weighted by Gasteiger charge is -2.14. The molecule has 6 heteroatoms. The molecule has 0 fully saturated rings. The van der Waals surface area contributed by atoms with Gasteiger partial charge in [0.25, 0.3) is 0 Å². The van der Waals surface area contributed by atoms with E-state index in [1.165, 1.54) is 25.6 Å². The molecular weight excluding hydrogens is 247 g/mol. The van der Waals surface area contributed by atoms with E-state index in [-0.39, 0.29) is 5.82 Å². The molecule has 2 N–H and O–H groups in total. The summed E-state index contributed by atoms with van der Waals surface area (Å²) >= 11 is 0. The maximum atomic E-state index is 13.3. The molecule has 0 aliphatic carbocycles. The Hall–Kier alpha value is -2.37. The van der Waals surface area contributed by atoms with Gasteiger partial charge in [-0.15, -0.1) is 0 Å². The maximum Gasteiger partial charge on any atom is 0.204 e. The summed E-state index contributed by atoms with van der Waals surface area (Å²) in [6.45, 7) is 1.88. The van der Waals surface area contributed by atoms with Gasteiger partial charge >= 0.3 is 0 Å². The maximum absolute atomic E-state index is 13.3. The van der Waals surface area contributed by atoms with E-state index < -0.39 is 0 Å². The molecule has 0 bridgehead atoms. The number of aromatic nitrogens is 2. The first-order valence-electron chi connectivity index (χ1n) is 5.75. The third-order valence-electron chi connectivity index (χ3n) is 2.70. The normalized spacial score (nSPS) is 10.1. The molecule has 0 aliphatic rings. The summed E-state index contributed by atoms with van der Waals surface area (Å²) < 4.78 is 18.5. The summed E-state index contributed by atoms with van der Waals surface area (Å²) in [6.07, 6.45) is 1.41. The van der Waals surface area contributed by atoms with Crippen molar-refractivity contribution in [2.24, 2.45) is 0 Å². The molecule has 19 heavy (non-hydrogen) atoms. The van der Waals surface area contributed by atoms with E-state index in [0.29, 0.717) is 23.1 Å². The lowest BCUT2D eigenvalue weighted by atomic mass is 10.2. The fourth-order valence-corrected chi connectivity index (χ4v) is 1.69. The highest BCUT2D eigenvalue weighted by Crippen LogP contribution is 2.31. The Kier molecular flexibility index (Phi) is 3.79. The van der Waals surface area contributed by atoms with Crippen LogP contribution in [-0.4, -0.2) is 24.1 Å². The number of benzene rings is 1. The molecule has 0 spiro atoms. The van der Waals surface area contributed by atoms with Crippen LogP contribution in [0, 0.1) is 12.7 Å². The van der Waals surface area contributed by atoms with Gasteiger partial charge < -0.3 is 15.4 Å². The largest absolute Gasteiger partial charge is 0.490 e. The summed E-state index contributed by atoms with van der Waals surface area (Å²) in [7, 11) is 3.27. The SMILES string of the molecule is CNc1ncnc(Nc2cc(F)ccc2C)c1OC. The van der Waals surface area contributed by atoms with Gasteiger partial charge in [-0.2, -0.15) is 0 Å². The van der Waals surface area contributed by atoms with Gasteiger partial charge in [-0.3, -0.25) is 0 Å². The predicted octanol–water partition coefficient (Wildman–Crippen LogP) is 2.72. The molecule has 0 saturated carbocycles. The number of nitrogens with zero attached hydrogens (tertiary/aromatic N) is 2. The molecule has 0 radical (unpaired) electrons. The predicted molar refractivity (Wildman–Crippen MR) is 72.6 cm³/mol. The van der Waals surface area contributed by atoms with Gasteiger partial charge in [0.1, 0.15) is 12.1 Å². The van der Waals surface area contributed by atoms with Crippen molar-refractivity contribution < 1.29 is 9.13 Å². The van der Waals surface area contributed by atoms with Gasteiger partial charge in [-0.1, -0.05) is 6.07 Å². The second-order valence-electron chi connectivity index (χ2n) is 3.94. The van der Waals surface area contributed by atoms with Gasteiger partial charge in [-0.25, -0.2) is 14.4 Å². The minimum atomic E-state index is -0.310. The zero-order chi connectivity index (χ0) is 13.8. The number of rotatable bonds is 4. The van der Waals surface area contributed by atoms with E-state index >= 15 is 0 Å². The molecule has 1 aromatic heterocycles. The van der Waals surface area contributed by atoms with E-state index in [4.69, 9.17) is 4.74 Å². The molecule has 0 aliphatic heterocycles. The highest BCUT2D eigenvalue weighted by Gasteiger charge is 2.12. The van der Waals surface area contributed by atoms with Crippen LogP contribution in [0.2, 0.25) is 0 Å². The van der Waals surface area contributed by atoms with Crippen LogP contribution >= 0.6 is 0 Å². The number of ether oxygens (including phenoxy) is 1. The average molecular weight is 262 g/mol. The van der Waals surface area contributed by atoms with Crippen molar-refractivity contribution in [2.75, 3.05) is 24.8 Å². The lowest BCUT2D eigenvalue weighted by Crippen LogP contribution is -2.04. The fourth-order valence-electron chi connectivity index (χ4n) is 1.69. The molecule has 2 rings (SSSR count). The standard InChI is InChI=1S/C13H15FN4O/c1-8-4-5-9(14)6-10(8)18-13-11(19-3)12(15-2)16-7-17-13/h4-7H,1-3H3,(H2,15,16,17,18). The van der Waals surface area contributed by atoms with Gasteiger partial charge in [0.2, 0.25) is 5.75 Å². The molecule has 0 unspecified atom stereocenters. The van der Waals surface area contributed by atoms with Gasteiger partial charge in [0.15, 0.2) is 11.6 Å². The zero-order valence-corrected chi connectivity index (χ0v) is 11.0. The van der Waals surface area contributed by atoms with Crippen molar-refractivity contribution in [3.05, 3.63) is 35.9 Å². The van der Waals surface area contributed by atoms with Crippen LogP contribution in [0.4, 0.5) is 21.7 Å². The van der Waals surface area contributed by atoms with Crippen molar-refractivity contribution >= 4 is 17.3 Å². The lowest BCUT2D eigenvalue weighted by molar-refractivity contribution is 0.415. The molecule has 1 aromatic carbocycles. The topological polar surface area (TPSA) is 59.1 Å². The Bertz CT molecular complexity index is 589. The zero-order valence-electron chi connectivity index (χ0n) is 11.0. The number of nitrogens with one attached hydrogen (secondary N) is 2. The number of anilines is 3. The van der Waals surface area contributed by atoms with Gasteiger partial charge in [0, 0.05) is 12.7 Å². The Balaban J connectivity index is 2.40. The van der Waals surface area contributed by atoms with Crippen molar-refractivity contribution in [1.29, 1.82) is 0 Å². The Morgan fingerprint density at radius 2 is 1.95 bits per heavy atom. The molecule has 100 valence electrons. The minimum absolute atomic E-state index is 0.310. The molecule has 1 heterocycles. The van der Waals surface area contributed by atoms with Gasteiger partial charge in [0.05, 0.1) is 7.11 Å². The fraction of sp³-hybridized carbons (Fsp3) is 0.231. The number of halogens is 1. The summed E-state index contributed by atoms with van der Waals surface area (Å²) in [5.74, 6) is 1.22. The first-order chi connectivity index (χ1) is 9.15. The third-order valence-corrected chi connectivity index (χ3v) is 2.70. The van der Waals surface area contributed by atoms with Crippen LogP contribution in [0.25, 0.3) is 0 Å². The first kappa shape index (κ1) is 13.1. The molecule has 0 amide bonds. The van der Waals surface area contributed by atoms with Crippen LogP contribution in [0.3, 0.4) is 0 Å². The van der Waals surface area contributed by atoms with E-state index in [0.717, 1.165) is 5.56 Å². The molecule has 0 atom stereocenters. The quantitative estimate of drug-likeness (QED) is 0.887. The number of hydrogen-bond donors (Lipinski definition) is 2. The summed E-state index contributed by atoms with van der Waals surface area (Å²) in [5.41, 5.74) is 1.55. The minimum Gasteiger partial charge on any atom is -0.490 e. The van der Waals surface area contributed by atoms with E-state index in [9.17, 15) is 4.39 Å². The Labute approximate surface area is 110 Å². The third kappa shape index (κ3) is 2.73.